The fraction of sp³-hybridized carbons (Fsp3) is 0.611. The van der Waals surface area contributed by atoms with Crippen molar-refractivity contribution < 1.29 is 9.53 Å². The zero-order valence-corrected chi connectivity index (χ0v) is 15.0. The molecule has 22 heavy (non-hydrogen) atoms. The molecule has 3 nitrogen and oxygen atoms in total. The molecule has 2 aliphatic heterocycles. The Balaban J connectivity index is 2.04. The van der Waals surface area contributed by atoms with Crippen LogP contribution in [0.25, 0.3) is 0 Å². The minimum absolute atomic E-state index is 0.183. The molecule has 0 aromatic heterocycles. The van der Waals surface area contributed by atoms with Gasteiger partial charge < -0.3 is 9.64 Å². The van der Waals surface area contributed by atoms with E-state index in [1.165, 1.54) is 10.5 Å². The molecule has 0 aromatic carbocycles. The lowest BCUT2D eigenvalue weighted by molar-refractivity contribution is 0.0154. The summed E-state index contributed by atoms with van der Waals surface area (Å²) in [5.74, 6) is 1.12. The Kier molecular flexibility index (Phi) is 5.10. The summed E-state index contributed by atoms with van der Waals surface area (Å²) < 4.78 is 5.48. The second kappa shape index (κ2) is 6.53. The lowest BCUT2D eigenvalue weighted by Gasteiger charge is -2.40. The number of carbonyl (C=O) groups is 1. The number of ether oxygens (including phenoxy) is 1. The van der Waals surface area contributed by atoms with Gasteiger partial charge in [-0.3, -0.25) is 0 Å². The van der Waals surface area contributed by atoms with E-state index in [0.717, 1.165) is 31.7 Å². The van der Waals surface area contributed by atoms with Crippen molar-refractivity contribution in [1.29, 1.82) is 0 Å². The van der Waals surface area contributed by atoms with E-state index < -0.39 is 5.60 Å². The largest absolute Gasteiger partial charge is 0.444 e. The Morgan fingerprint density at radius 1 is 1.36 bits per heavy atom. The van der Waals surface area contributed by atoms with E-state index in [1.807, 2.05) is 49.6 Å². The lowest BCUT2D eigenvalue weighted by atomic mass is 9.73. The SMILES string of the molecule is C=C/C=C\C1=C(C)SCC12CCN(C(=O)OC(C)(C)C)CC2. The van der Waals surface area contributed by atoms with Crippen molar-refractivity contribution in [3.05, 3.63) is 35.3 Å². The van der Waals surface area contributed by atoms with Crippen LogP contribution < -0.4 is 0 Å². The summed E-state index contributed by atoms with van der Waals surface area (Å²) in [6, 6.07) is 0. The minimum Gasteiger partial charge on any atom is -0.444 e. The van der Waals surface area contributed by atoms with Gasteiger partial charge >= 0.3 is 6.09 Å². The van der Waals surface area contributed by atoms with Crippen molar-refractivity contribution in [2.24, 2.45) is 5.41 Å². The van der Waals surface area contributed by atoms with E-state index in [0.29, 0.717) is 0 Å². The number of allylic oxidation sites excluding steroid dienone is 5. The number of piperidine rings is 1. The molecule has 4 heteroatoms. The van der Waals surface area contributed by atoms with Gasteiger partial charge in [0.15, 0.2) is 0 Å². The lowest BCUT2D eigenvalue weighted by Crippen LogP contribution is -2.45. The standard InChI is InChI=1S/C18H27NO2S/c1-6-7-8-15-14(2)22-13-18(15)9-11-19(12-10-18)16(20)21-17(3,4)5/h6-8H,1,9-13H2,2-5H3/b8-7-. The highest BCUT2D eigenvalue weighted by Crippen LogP contribution is 2.51. The van der Waals surface area contributed by atoms with Crippen LogP contribution in [0.4, 0.5) is 4.79 Å². The fourth-order valence-electron chi connectivity index (χ4n) is 3.09. The highest BCUT2D eigenvalue weighted by atomic mass is 32.2. The molecule has 0 radical (unpaired) electrons. The zero-order valence-electron chi connectivity index (χ0n) is 14.1. The Bertz CT molecular complexity index is 506. The molecule has 0 bridgehead atoms. The van der Waals surface area contributed by atoms with Gasteiger partial charge in [0.25, 0.3) is 0 Å². The van der Waals surface area contributed by atoms with Gasteiger partial charge in [-0.1, -0.05) is 24.8 Å². The van der Waals surface area contributed by atoms with Crippen LogP contribution in [-0.2, 0) is 4.74 Å². The number of hydrogen-bond acceptors (Lipinski definition) is 3. The van der Waals surface area contributed by atoms with E-state index in [4.69, 9.17) is 4.74 Å². The molecule has 1 amide bonds. The Morgan fingerprint density at radius 2 is 2.00 bits per heavy atom. The van der Waals surface area contributed by atoms with Crippen LogP contribution in [-0.4, -0.2) is 35.4 Å². The topological polar surface area (TPSA) is 29.5 Å². The van der Waals surface area contributed by atoms with E-state index in [1.54, 1.807) is 0 Å². The predicted molar refractivity (Wildman–Crippen MR) is 94.0 cm³/mol. The Morgan fingerprint density at radius 3 is 2.55 bits per heavy atom. The molecular weight excluding hydrogens is 294 g/mol. The second-order valence-electron chi connectivity index (χ2n) is 7.10. The first-order valence-corrected chi connectivity index (χ1v) is 8.87. The van der Waals surface area contributed by atoms with Crippen molar-refractivity contribution in [2.45, 2.75) is 46.1 Å². The van der Waals surface area contributed by atoms with Crippen LogP contribution in [0.15, 0.2) is 35.3 Å². The minimum atomic E-state index is -0.427. The van der Waals surface area contributed by atoms with Crippen LogP contribution in [0.3, 0.4) is 0 Å². The van der Waals surface area contributed by atoms with Gasteiger partial charge in [0, 0.05) is 24.3 Å². The summed E-state index contributed by atoms with van der Waals surface area (Å²) in [7, 11) is 0. The van der Waals surface area contributed by atoms with E-state index in [-0.39, 0.29) is 11.5 Å². The van der Waals surface area contributed by atoms with Gasteiger partial charge in [-0.15, -0.1) is 11.8 Å². The van der Waals surface area contributed by atoms with Gasteiger partial charge in [-0.05, 0) is 51.0 Å². The van der Waals surface area contributed by atoms with Gasteiger partial charge in [0.1, 0.15) is 5.60 Å². The predicted octanol–water partition coefficient (Wildman–Crippen LogP) is 4.77. The van der Waals surface area contributed by atoms with E-state index in [9.17, 15) is 4.79 Å². The molecule has 0 aromatic rings. The van der Waals surface area contributed by atoms with Crippen LogP contribution in [0.5, 0.6) is 0 Å². The monoisotopic (exact) mass is 321 g/mol. The van der Waals surface area contributed by atoms with E-state index in [2.05, 4.69) is 19.6 Å². The first-order chi connectivity index (χ1) is 10.3. The first-order valence-electron chi connectivity index (χ1n) is 7.89. The van der Waals surface area contributed by atoms with Crippen molar-refractivity contribution in [1.82, 2.24) is 4.90 Å². The van der Waals surface area contributed by atoms with Crippen molar-refractivity contribution in [3.63, 3.8) is 0 Å². The number of carbonyl (C=O) groups excluding carboxylic acids is 1. The Labute approximate surface area is 138 Å². The first kappa shape index (κ1) is 17.2. The average molecular weight is 321 g/mol. The summed E-state index contributed by atoms with van der Waals surface area (Å²) in [6.45, 7) is 13.2. The van der Waals surface area contributed by atoms with Crippen LogP contribution in [0, 0.1) is 5.41 Å². The summed E-state index contributed by atoms with van der Waals surface area (Å²) >= 11 is 1.94. The molecular formula is C18H27NO2S. The van der Waals surface area contributed by atoms with Gasteiger partial charge in [0.2, 0.25) is 0 Å². The molecule has 1 spiro atoms. The number of nitrogens with zero attached hydrogens (tertiary/aromatic N) is 1. The number of rotatable bonds is 2. The highest BCUT2D eigenvalue weighted by Gasteiger charge is 2.42. The van der Waals surface area contributed by atoms with Crippen molar-refractivity contribution >= 4 is 17.9 Å². The van der Waals surface area contributed by atoms with E-state index >= 15 is 0 Å². The van der Waals surface area contributed by atoms with Crippen LogP contribution >= 0.6 is 11.8 Å². The number of amides is 1. The third-order valence-electron chi connectivity index (χ3n) is 4.29. The third kappa shape index (κ3) is 3.78. The molecule has 0 aliphatic carbocycles. The molecule has 0 saturated carbocycles. The van der Waals surface area contributed by atoms with Crippen molar-refractivity contribution in [3.8, 4) is 0 Å². The molecule has 122 valence electrons. The normalized spacial score (nSPS) is 21.7. The summed E-state index contributed by atoms with van der Waals surface area (Å²) in [4.78, 5) is 15.5. The summed E-state index contributed by atoms with van der Waals surface area (Å²) in [5, 5.41) is 0. The average Bonchev–Trinajstić information content (AvgIpc) is 2.72. The van der Waals surface area contributed by atoms with Crippen LogP contribution in [0.1, 0.15) is 40.5 Å². The number of thioether (sulfide) groups is 1. The molecule has 2 aliphatic rings. The fourth-order valence-corrected chi connectivity index (χ4v) is 4.47. The zero-order chi connectivity index (χ0) is 16.4. The second-order valence-corrected chi connectivity index (χ2v) is 8.29. The molecule has 1 fully saturated rings. The smallest absolute Gasteiger partial charge is 0.410 e. The molecule has 2 rings (SSSR count). The molecule has 0 N–H and O–H groups in total. The van der Waals surface area contributed by atoms with Crippen molar-refractivity contribution in [2.75, 3.05) is 18.8 Å². The number of hydrogen-bond donors (Lipinski definition) is 0. The maximum Gasteiger partial charge on any atom is 0.410 e. The maximum atomic E-state index is 12.2. The van der Waals surface area contributed by atoms with Gasteiger partial charge in [-0.2, -0.15) is 0 Å². The van der Waals surface area contributed by atoms with Gasteiger partial charge in [-0.25, -0.2) is 4.79 Å². The molecule has 0 unspecified atom stereocenters. The summed E-state index contributed by atoms with van der Waals surface area (Å²) in [5.41, 5.74) is 1.22. The van der Waals surface area contributed by atoms with Gasteiger partial charge in [0.05, 0.1) is 0 Å². The Hall–Kier alpha value is -1.16. The quantitative estimate of drug-likeness (QED) is 0.686. The summed E-state index contributed by atoms with van der Waals surface area (Å²) in [6.07, 6.45) is 7.88. The molecule has 1 saturated heterocycles. The molecule has 0 atom stereocenters. The number of likely N-dealkylation sites (tertiary alicyclic amines) is 1. The van der Waals surface area contributed by atoms with Crippen LogP contribution in [0.2, 0.25) is 0 Å². The highest BCUT2D eigenvalue weighted by molar-refractivity contribution is 8.03. The molecule has 2 heterocycles. The maximum absolute atomic E-state index is 12.2. The third-order valence-corrected chi connectivity index (χ3v) is 5.64.